The van der Waals surface area contributed by atoms with Crippen LogP contribution in [-0.4, -0.2) is 47.6 Å². The molecule has 0 unspecified atom stereocenters. The lowest BCUT2D eigenvalue weighted by molar-refractivity contribution is 0.415. The summed E-state index contributed by atoms with van der Waals surface area (Å²) in [6, 6.07) is 14.5. The number of aryl methyl sites for hydroxylation is 1. The summed E-state index contributed by atoms with van der Waals surface area (Å²) in [5, 5.41) is 0. The average Bonchev–Trinajstić information content (AvgIpc) is 3.25. The fourth-order valence-electron chi connectivity index (χ4n) is 4.15. The van der Waals surface area contributed by atoms with Crippen molar-refractivity contribution in [3.8, 4) is 17.0 Å². The molecule has 31 heavy (non-hydrogen) atoms. The van der Waals surface area contributed by atoms with Crippen LogP contribution in [0.25, 0.3) is 21.5 Å². The van der Waals surface area contributed by atoms with Gasteiger partial charge in [-0.25, -0.2) is 9.97 Å². The first-order chi connectivity index (χ1) is 15.2. The Morgan fingerprint density at radius 2 is 1.65 bits per heavy atom. The monoisotopic (exact) mass is 431 g/mol. The first kappa shape index (κ1) is 19.8. The van der Waals surface area contributed by atoms with Crippen LogP contribution >= 0.6 is 11.5 Å². The van der Waals surface area contributed by atoms with Crippen LogP contribution in [0.3, 0.4) is 0 Å². The number of fused-ring (bicyclic) bond motifs is 1. The van der Waals surface area contributed by atoms with Crippen molar-refractivity contribution < 1.29 is 4.74 Å². The summed E-state index contributed by atoms with van der Waals surface area (Å²) in [4.78, 5) is 14.1. The molecular formula is C24H25N5OS. The number of aromatic nitrogens is 3. The number of piperazine rings is 1. The van der Waals surface area contributed by atoms with Gasteiger partial charge in [-0.15, -0.1) is 0 Å². The normalized spacial score (nSPS) is 14.3. The number of anilines is 2. The lowest BCUT2D eigenvalue weighted by Crippen LogP contribution is -2.47. The van der Waals surface area contributed by atoms with Gasteiger partial charge in [0.25, 0.3) is 0 Å². The highest BCUT2D eigenvalue weighted by atomic mass is 32.1. The van der Waals surface area contributed by atoms with Gasteiger partial charge in [0, 0.05) is 37.4 Å². The number of rotatable bonds is 4. The molecule has 0 atom stereocenters. The third-order valence-corrected chi connectivity index (χ3v) is 6.93. The van der Waals surface area contributed by atoms with Crippen molar-refractivity contribution >= 4 is 33.3 Å². The van der Waals surface area contributed by atoms with Crippen LogP contribution in [0.4, 0.5) is 11.5 Å². The molecule has 3 heterocycles. The van der Waals surface area contributed by atoms with Crippen LogP contribution in [0.1, 0.15) is 11.1 Å². The number of hydrogen-bond acceptors (Lipinski definition) is 7. The Labute approximate surface area is 186 Å². The largest absolute Gasteiger partial charge is 0.497 e. The molecule has 1 aliphatic heterocycles. The topological polar surface area (TPSA) is 54.4 Å². The van der Waals surface area contributed by atoms with Gasteiger partial charge in [0.15, 0.2) is 5.82 Å². The highest BCUT2D eigenvalue weighted by molar-refractivity contribution is 7.14. The van der Waals surface area contributed by atoms with E-state index in [4.69, 9.17) is 9.11 Å². The van der Waals surface area contributed by atoms with Crippen LogP contribution in [0, 0.1) is 13.8 Å². The van der Waals surface area contributed by atoms with E-state index in [1.807, 2.05) is 24.3 Å². The van der Waals surface area contributed by atoms with Crippen LogP contribution in [0.5, 0.6) is 5.75 Å². The van der Waals surface area contributed by atoms with E-state index in [1.165, 1.54) is 28.3 Å². The average molecular weight is 432 g/mol. The number of ether oxygens (including phenoxy) is 1. The second-order valence-electron chi connectivity index (χ2n) is 7.83. The maximum Gasteiger partial charge on any atom is 0.151 e. The van der Waals surface area contributed by atoms with E-state index in [9.17, 15) is 0 Å². The second kappa shape index (κ2) is 8.15. The van der Waals surface area contributed by atoms with E-state index >= 15 is 0 Å². The summed E-state index contributed by atoms with van der Waals surface area (Å²) in [5.41, 5.74) is 6.90. The summed E-state index contributed by atoms with van der Waals surface area (Å²) in [5.74, 6) is 1.82. The molecule has 5 rings (SSSR count). The van der Waals surface area contributed by atoms with Gasteiger partial charge in [-0.05, 0) is 66.8 Å². The number of methoxy groups -OCH3 is 1. The Balaban J connectivity index is 1.40. The second-order valence-corrected chi connectivity index (χ2v) is 8.60. The number of hydrogen-bond donors (Lipinski definition) is 0. The Kier molecular flexibility index (Phi) is 5.19. The van der Waals surface area contributed by atoms with Gasteiger partial charge >= 0.3 is 0 Å². The summed E-state index contributed by atoms with van der Waals surface area (Å²) in [6.07, 6.45) is 1.66. The van der Waals surface area contributed by atoms with Gasteiger partial charge in [0.1, 0.15) is 28.0 Å². The van der Waals surface area contributed by atoms with Crippen molar-refractivity contribution in [2.45, 2.75) is 13.8 Å². The maximum atomic E-state index is 5.27. The van der Waals surface area contributed by atoms with Gasteiger partial charge in [-0.2, -0.15) is 4.37 Å². The first-order valence-electron chi connectivity index (χ1n) is 10.5. The summed E-state index contributed by atoms with van der Waals surface area (Å²) >= 11 is 1.48. The number of benzene rings is 2. The molecular weight excluding hydrogens is 406 g/mol. The predicted octanol–water partition coefficient (Wildman–Crippen LogP) is 4.71. The quantitative estimate of drug-likeness (QED) is 0.467. The molecule has 7 heteroatoms. The molecule has 1 aliphatic rings. The number of nitrogens with zero attached hydrogens (tertiary/aromatic N) is 5. The molecule has 0 aliphatic carbocycles. The Bertz CT molecular complexity index is 1210. The van der Waals surface area contributed by atoms with Crippen molar-refractivity contribution in [2.75, 3.05) is 43.1 Å². The van der Waals surface area contributed by atoms with Gasteiger partial charge in [0.05, 0.1) is 7.11 Å². The third kappa shape index (κ3) is 3.59. The Hall–Kier alpha value is -3.19. The highest BCUT2D eigenvalue weighted by Gasteiger charge is 2.23. The van der Waals surface area contributed by atoms with Gasteiger partial charge in [-0.3, -0.25) is 0 Å². The molecule has 0 radical (unpaired) electrons. The maximum absolute atomic E-state index is 5.27. The van der Waals surface area contributed by atoms with Crippen LogP contribution in [-0.2, 0) is 0 Å². The summed E-state index contributed by atoms with van der Waals surface area (Å²) in [7, 11) is 1.67. The Morgan fingerprint density at radius 1 is 0.903 bits per heavy atom. The minimum Gasteiger partial charge on any atom is -0.497 e. The van der Waals surface area contributed by atoms with Crippen molar-refractivity contribution in [3.63, 3.8) is 0 Å². The molecule has 158 valence electrons. The van der Waals surface area contributed by atoms with E-state index in [-0.39, 0.29) is 0 Å². The van der Waals surface area contributed by atoms with Crippen molar-refractivity contribution in [2.24, 2.45) is 0 Å². The molecule has 0 bridgehead atoms. The Morgan fingerprint density at radius 3 is 2.39 bits per heavy atom. The standard InChI is InChI=1S/C24H25N5OS/c1-16-5-4-6-20(17(16)2)28-11-13-29(14-12-28)24-23-22(25-15-26-24)21(27-31-23)18-7-9-19(30-3)10-8-18/h4-10,15H,11-14H2,1-3H3. The fraction of sp³-hybridized carbons (Fsp3) is 0.292. The van der Waals surface area contributed by atoms with E-state index in [2.05, 4.69) is 51.8 Å². The van der Waals surface area contributed by atoms with Crippen molar-refractivity contribution in [3.05, 3.63) is 59.9 Å². The van der Waals surface area contributed by atoms with Crippen molar-refractivity contribution in [1.82, 2.24) is 14.3 Å². The lowest BCUT2D eigenvalue weighted by atomic mass is 10.1. The van der Waals surface area contributed by atoms with E-state index in [0.717, 1.165) is 59.2 Å². The van der Waals surface area contributed by atoms with Crippen LogP contribution in [0.15, 0.2) is 48.8 Å². The molecule has 0 amide bonds. The van der Waals surface area contributed by atoms with Gasteiger partial charge in [0.2, 0.25) is 0 Å². The molecule has 0 spiro atoms. The molecule has 4 aromatic rings. The van der Waals surface area contributed by atoms with Gasteiger partial charge < -0.3 is 14.5 Å². The highest BCUT2D eigenvalue weighted by Crippen LogP contribution is 2.35. The lowest BCUT2D eigenvalue weighted by Gasteiger charge is -2.37. The molecule has 1 saturated heterocycles. The van der Waals surface area contributed by atoms with Crippen molar-refractivity contribution in [1.29, 1.82) is 0 Å². The fourth-order valence-corrected chi connectivity index (χ4v) is 5.03. The first-order valence-corrected chi connectivity index (χ1v) is 11.2. The van der Waals surface area contributed by atoms with E-state index in [0.29, 0.717) is 0 Å². The smallest absolute Gasteiger partial charge is 0.151 e. The van der Waals surface area contributed by atoms with Crippen LogP contribution in [0.2, 0.25) is 0 Å². The summed E-state index contributed by atoms with van der Waals surface area (Å²) in [6.45, 7) is 8.18. The van der Waals surface area contributed by atoms with E-state index < -0.39 is 0 Å². The molecule has 0 N–H and O–H groups in total. The van der Waals surface area contributed by atoms with Crippen LogP contribution < -0.4 is 14.5 Å². The SMILES string of the molecule is COc1ccc(-c2nsc3c(N4CCN(c5cccc(C)c5C)CC4)ncnc23)cc1. The molecule has 6 nitrogen and oxygen atoms in total. The zero-order valence-electron chi connectivity index (χ0n) is 18.0. The minimum atomic E-state index is 0.834. The zero-order valence-corrected chi connectivity index (χ0v) is 18.8. The zero-order chi connectivity index (χ0) is 21.4. The summed E-state index contributed by atoms with van der Waals surface area (Å²) < 4.78 is 11.0. The molecule has 2 aromatic heterocycles. The molecule has 2 aromatic carbocycles. The van der Waals surface area contributed by atoms with E-state index in [1.54, 1.807) is 13.4 Å². The molecule has 0 saturated carbocycles. The predicted molar refractivity (Wildman–Crippen MR) is 128 cm³/mol. The van der Waals surface area contributed by atoms with Gasteiger partial charge in [-0.1, -0.05) is 12.1 Å². The minimum absolute atomic E-state index is 0.834. The molecule has 1 fully saturated rings. The third-order valence-electron chi connectivity index (χ3n) is 6.10.